The largest absolute Gasteiger partial charge is 0.490 e. The molecule has 4 rings (SSSR count). The Labute approximate surface area is 188 Å². The minimum Gasteiger partial charge on any atom is -0.490 e. The normalized spacial score (nSPS) is 17.2. The highest BCUT2D eigenvalue weighted by molar-refractivity contribution is 5.94. The molecule has 32 heavy (non-hydrogen) atoms. The van der Waals surface area contributed by atoms with E-state index in [4.69, 9.17) is 4.74 Å². The number of aromatic nitrogens is 2. The summed E-state index contributed by atoms with van der Waals surface area (Å²) in [5.74, 6) is 2.16. The van der Waals surface area contributed by atoms with Gasteiger partial charge in [0.25, 0.3) is 0 Å². The van der Waals surface area contributed by atoms with Crippen molar-refractivity contribution in [2.24, 2.45) is 11.8 Å². The highest BCUT2D eigenvalue weighted by atomic mass is 16.5. The first-order chi connectivity index (χ1) is 15.5. The van der Waals surface area contributed by atoms with E-state index < -0.39 is 0 Å². The number of carbonyl (C=O) groups excluding carboxylic acids is 2. The van der Waals surface area contributed by atoms with Gasteiger partial charge in [-0.15, -0.1) is 5.10 Å². The van der Waals surface area contributed by atoms with Crippen molar-refractivity contribution in [1.29, 1.82) is 0 Å². The summed E-state index contributed by atoms with van der Waals surface area (Å²) in [6.45, 7) is 6.92. The lowest BCUT2D eigenvalue weighted by atomic mass is 9.99. The van der Waals surface area contributed by atoms with Gasteiger partial charge in [0.2, 0.25) is 11.8 Å². The summed E-state index contributed by atoms with van der Waals surface area (Å²) in [6.07, 6.45) is 4.04. The predicted octanol–water partition coefficient (Wildman–Crippen LogP) is 2.97. The van der Waals surface area contributed by atoms with Crippen LogP contribution in [0.4, 0.5) is 11.5 Å². The van der Waals surface area contributed by atoms with Crippen LogP contribution in [0.1, 0.15) is 33.1 Å². The second-order valence-corrected chi connectivity index (χ2v) is 8.99. The lowest BCUT2D eigenvalue weighted by Gasteiger charge is -2.38. The Morgan fingerprint density at radius 3 is 2.47 bits per heavy atom. The first-order valence-corrected chi connectivity index (χ1v) is 11.4. The van der Waals surface area contributed by atoms with Crippen LogP contribution in [0, 0.1) is 11.8 Å². The summed E-state index contributed by atoms with van der Waals surface area (Å²) in [6, 6.07) is 11.3. The van der Waals surface area contributed by atoms with Crippen molar-refractivity contribution in [3.05, 3.63) is 42.6 Å². The lowest BCUT2D eigenvalue weighted by molar-refractivity contribution is -0.133. The number of piperidine rings is 1. The number of amides is 2. The molecule has 0 unspecified atom stereocenters. The van der Waals surface area contributed by atoms with Gasteiger partial charge in [-0.2, -0.15) is 5.10 Å². The van der Waals surface area contributed by atoms with E-state index in [1.54, 1.807) is 6.20 Å². The summed E-state index contributed by atoms with van der Waals surface area (Å²) >= 11 is 0. The van der Waals surface area contributed by atoms with Crippen LogP contribution >= 0.6 is 0 Å². The first kappa shape index (κ1) is 22.0. The van der Waals surface area contributed by atoms with Gasteiger partial charge < -0.3 is 19.9 Å². The number of ether oxygens (including phenoxy) is 1. The van der Waals surface area contributed by atoms with Gasteiger partial charge in [-0.1, -0.05) is 13.8 Å². The minimum atomic E-state index is -0.0588. The molecule has 2 saturated heterocycles. The minimum absolute atomic E-state index is 0.0113. The number of carbonyl (C=O) groups is 2. The fraction of sp³-hybridized carbons (Fsp3) is 0.500. The summed E-state index contributed by atoms with van der Waals surface area (Å²) < 4.78 is 6.10. The van der Waals surface area contributed by atoms with Crippen LogP contribution in [0.25, 0.3) is 0 Å². The molecule has 2 fully saturated rings. The zero-order chi connectivity index (χ0) is 22.5. The van der Waals surface area contributed by atoms with E-state index in [0.717, 1.165) is 43.2 Å². The second kappa shape index (κ2) is 9.97. The van der Waals surface area contributed by atoms with Gasteiger partial charge in [-0.25, -0.2) is 0 Å². The summed E-state index contributed by atoms with van der Waals surface area (Å²) in [4.78, 5) is 28.7. The Morgan fingerprint density at radius 1 is 1.12 bits per heavy atom. The molecule has 0 spiro atoms. The van der Waals surface area contributed by atoms with Crippen LogP contribution in [0.2, 0.25) is 0 Å². The van der Waals surface area contributed by atoms with Crippen molar-refractivity contribution < 1.29 is 14.3 Å². The average Bonchev–Trinajstić information content (AvgIpc) is 2.75. The molecule has 0 aliphatic carbocycles. The van der Waals surface area contributed by atoms with E-state index in [1.807, 2.05) is 46.2 Å². The van der Waals surface area contributed by atoms with Gasteiger partial charge >= 0.3 is 0 Å². The maximum absolute atomic E-state index is 12.5. The quantitative estimate of drug-likeness (QED) is 0.717. The third-order valence-electron chi connectivity index (χ3n) is 5.94. The molecule has 2 aromatic rings. The predicted molar refractivity (Wildman–Crippen MR) is 122 cm³/mol. The Kier molecular flexibility index (Phi) is 6.87. The van der Waals surface area contributed by atoms with Crippen LogP contribution in [0.5, 0.6) is 5.75 Å². The van der Waals surface area contributed by atoms with Crippen molar-refractivity contribution >= 4 is 23.3 Å². The third kappa shape index (κ3) is 5.55. The molecular weight excluding hydrogens is 406 g/mol. The molecule has 8 nitrogen and oxygen atoms in total. The Morgan fingerprint density at radius 2 is 1.84 bits per heavy atom. The molecule has 0 saturated carbocycles. The van der Waals surface area contributed by atoms with Crippen molar-refractivity contribution in [2.75, 3.05) is 36.4 Å². The molecule has 2 amide bonds. The van der Waals surface area contributed by atoms with Crippen LogP contribution in [-0.4, -0.2) is 59.2 Å². The zero-order valence-electron chi connectivity index (χ0n) is 18.7. The fourth-order valence-electron chi connectivity index (χ4n) is 4.05. The molecule has 3 heterocycles. The number of hydrogen-bond donors (Lipinski definition) is 1. The van der Waals surface area contributed by atoms with E-state index in [-0.39, 0.29) is 23.8 Å². The van der Waals surface area contributed by atoms with Gasteiger partial charge in [0.05, 0.1) is 5.92 Å². The van der Waals surface area contributed by atoms with Crippen molar-refractivity contribution in [3.63, 3.8) is 0 Å². The maximum atomic E-state index is 12.5. The van der Waals surface area contributed by atoms with Crippen LogP contribution in [-0.2, 0) is 9.59 Å². The molecule has 0 radical (unpaired) electrons. The highest BCUT2D eigenvalue weighted by Gasteiger charge is 2.33. The van der Waals surface area contributed by atoms with Gasteiger partial charge in [0.15, 0.2) is 5.82 Å². The van der Waals surface area contributed by atoms with Gasteiger partial charge in [-0.05, 0) is 42.3 Å². The number of anilines is 2. The molecule has 8 heteroatoms. The van der Waals surface area contributed by atoms with Crippen molar-refractivity contribution in [3.8, 4) is 5.75 Å². The standard InChI is InChI=1S/C24H31N5O3/c1-17(2)14-23(30)28-12-9-21(10-13-28)32-20-7-5-19(6-8-20)26-24(31)18-15-29(16-18)22-4-3-11-25-27-22/h3-8,11,17-18,21H,9-10,12-16H2,1-2H3,(H,26,31). The van der Waals surface area contributed by atoms with Crippen molar-refractivity contribution in [1.82, 2.24) is 15.1 Å². The highest BCUT2D eigenvalue weighted by Crippen LogP contribution is 2.25. The van der Waals surface area contributed by atoms with E-state index in [0.29, 0.717) is 25.4 Å². The van der Waals surface area contributed by atoms with Gasteiger partial charge in [-0.3, -0.25) is 9.59 Å². The number of rotatable bonds is 7. The van der Waals surface area contributed by atoms with Crippen molar-refractivity contribution in [2.45, 2.75) is 39.2 Å². The molecule has 0 atom stereocenters. The van der Waals surface area contributed by atoms with E-state index in [9.17, 15) is 9.59 Å². The van der Waals surface area contributed by atoms with Gasteiger partial charge in [0, 0.05) is 57.3 Å². The number of nitrogens with zero attached hydrogens (tertiary/aromatic N) is 4. The third-order valence-corrected chi connectivity index (χ3v) is 5.94. The summed E-state index contributed by atoms with van der Waals surface area (Å²) in [7, 11) is 0. The van der Waals surface area contributed by atoms with E-state index >= 15 is 0 Å². The molecular formula is C24H31N5O3. The summed E-state index contributed by atoms with van der Waals surface area (Å²) in [5, 5.41) is 10.9. The lowest BCUT2D eigenvalue weighted by Crippen LogP contribution is -2.52. The zero-order valence-corrected chi connectivity index (χ0v) is 18.7. The number of benzene rings is 1. The molecule has 2 aliphatic heterocycles. The molecule has 1 N–H and O–H groups in total. The molecule has 1 aromatic carbocycles. The molecule has 2 aliphatic rings. The SMILES string of the molecule is CC(C)CC(=O)N1CCC(Oc2ccc(NC(=O)C3CN(c4cccnn4)C3)cc2)CC1. The maximum Gasteiger partial charge on any atom is 0.231 e. The van der Waals surface area contributed by atoms with E-state index in [1.165, 1.54) is 0 Å². The Bertz CT molecular complexity index is 905. The average molecular weight is 438 g/mol. The summed E-state index contributed by atoms with van der Waals surface area (Å²) in [5.41, 5.74) is 0.759. The van der Waals surface area contributed by atoms with Crippen LogP contribution in [0.3, 0.4) is 0 Å². The molecule has 0 bridgehead atoms. The Hall–Kier alpha value is -3.16. The number of nitrogens with one attached hydrogen (secondary N) is 1. The van der Waals surface area contributed by atoms with Gasteiger partial charge in [0.1, 0.15) is 11.9 Å². The topological polar surface area (TPSA) is 87.7 Å². The molecule has 1 aromatic heterocycles. The monoisotopic (exact) mass is 437 g/mol. The van der Waals surface area contributed by atoms with Crippen LogP contribution in [0.15, 0.2) is 42.6 Å². The fourth-order valence-corrected chi connectivity index (χ4v) is 4.05. The van der Waals surface area contributed by atoms with E-state index in [2.05, 4.69) is 29.4 Å². The Balaban J connectivity index is 1.20. The molecule has 170 valence electrons. The second-order valence-electron chi connectivity index (χ2n) is 8.99. The smallest absolute Gasteiger partial charge is 0.231 e. The number of likely N-dealkylation sites (tertiary alicyclic amines) is 1. The number of hydrogen-bond acceptors (Lipinski definition) is 6. The van der Waals surface area contributed by atoms with Crippen LogP contribution < -0.4 is 15.0 Å². The first-order valence-electron chi connectivity index (χ1n) is 11.4.